The van der Waals surface area contributed by atoms with Gasteiger partial charge >= 0.3 is 0 Å². The maximum Gasteiger partial charge on any atom is 0.258 e. The van der Waals surface area contributed by atoms with Crippen molar-refractivity contribution in [3.8, 4) is 17.1 Å². The molecule has 11 heteroatoms. The monoisotopic (exact) mass is 581 g/mol. The van der Waals surface area contributed by atoms with Gasteiger partial charge in [-0.25, -0.2) is 0 Å². The van der Waals surface area contributed by atoms with Crippen LogP contribution in [0, 0.1) is 0 Å². The third-order valence-electron chi connectivity index (χ3n) is 6.45. The Kier molecular flexibility index (Phi) is 8.54. The van der Waals surface area contributed by atoms with Crippen LogP contribution in [0.5, 0.6) is 5.75 Å². The number of thiophene rings is 1. The molecule has 0 spiro atoms. The molecular formula is C28H28ClN5O3S2. The van der Waals surface area contributed by atoms with E-state index in [9.17, 15) is 9.59 Å². The minimum absolute atomic E-state index is 0.118. The molecule has 1 aliphatic rings. The van der Waals surface area contributed by atoms with Crippen LogP contribution in [0.1, 0.15) is 40.6 Å². The number of benzene rings is 2. The maximum absolute atomic E-state index is 13.3. The van der Waals surface area contributed by atoms with Crippen LogP contribution >= 0.6 is 34.7 Å². The highest BCUT2D eigenvalue weighted by atomic mass is 35.5. The molecule has 2 aromatic heterocycles. The largest absolute Gasteiger partial charge is 0.496 e. The van der Waals surface area contributed by atoms with E-state index in [0.717, 1.165) is 42.5 Å². The van der Waals surface area contributed by atoms with Crippen LogP contribution in [0.2, 0.25) is 5.02 Å². The van der Waals surface area contributed by atoms with Gasteiger partial charge in [-0.05, 0) is 68.5 Å². The number of thioether (sulfide) groups is 1. The highest BCUT2D eigenvalue weighted by Crippen LogP contribution is 2.39. The predicted octanol–water partition coefficient (Wildman–Crippen LogP) is 6.55. The molecular weight excluding hydrogens is 554 g/mol. The molecule has 202 valence electrons. The van der Waals surface area contributed by atoms with E-state index in [4.69, 9.17) is 16.3 Å². The molecule has 39 heavy (non-hydrogen) atoms. The quantitative estimate of drug-likeness (QED) is 0.217. The van der Waals surface area contributed by atoms with Gasteiger partial charge < -0.3 is 19.9 Å². The average Bonchev–Trinajstić information content (AvgIpc) is 3.53. The Bertz CT molecular complexity index is 1500. The van der Waals surface area contributed by atoms with Gasteiger partial charge in [-0.1, -0.05) is 41.6 Å². The van der Waals surface area contributed by atoms with Crippen molar-refractivity contribution in [2.75, 3.05) is 23.5 Å². The molecule has 0 radical (unpaired) electrons. The Hall–Kier alpha value is -3.34. The Labute approximate surface area is 240 Å². The van der Waals surface area contributed by atoms with E-state index in [-0.39, 0.29) is 17.6 Å². The lowest BCUT2D eigenvalue weighted by molar-refractivity contribution is -0.113. The molecule has 0 bridgehead atoms. The first-order valence-corrected chi connectivity index (χ1v) is 14.9. The van der Waals surface area contributed by atoms with E-state index in [2.05, 4.69) is 20.8 Å². The maximum atomic E-state index is 13.3. The van der Waals surface area contributed by atoms with Crippen molar-refractivity contribution in [1.29, 1.82) is 0 Å². The molecule has 0 unspecified atom stereocenters. The minimum Gasteiger partial charge on any atom is -0.496 e. The van der Waals surface area contributed by atoms with Crippen molar-refractivity contribution >= 4 is 57.2 Å². The average molecular weight is 582 g/mol. The number of halogens is 1. The molecule has 2 amide bonds. The molecule has 2 aromatic carbocycles. The summed E-state index contributed by atoms with van der Waals surface area (Å²) in [5.74, 6) is 0.964. The topological polar surface area (TPSA) is 98.1 Å². The standard InChI is InChI=1S/C28H28ClN5O3S2/c1-3-34-25(20-15-17(29)13-14-21(20)37-2)32-33-28(34)38-16-23(35)31-27-24(19-11-7-8-12-22(19)39-27)26(36)30-18-9-5-4-6-10-18/h4-6,9-10,13-15H,3,7-8,11-12,16H2,1-2H3,(H,30,36)(H,31,35). The molecule has 0 fully saturated rings. The Balaban J connectivity index is 1.33. The summed E-state index contributed by atoms with van der Waals surface area (Å²) < 4.78 is 7.41. The number of nitrogens with zero attached hydrogens (tertiary/aromatic N) is 3. The van der Waals surface area contributed by atoms with E-state index < -0.39 is 0 Å². The van der Waals surface area contributed by atoms with Crippen LogP contribution in [0.3, 0.4) is 0 Å². The van der Waals surface area contributed by atoms with E-state index >= 15 is 0 Å². The van der Waals surface area contributed by atoms with Gasteiger partial charge in [-0.3, -0.25) is 9.59 Å². The third kappa shape index (κ3) is 5.98. The highest BCUT2D eigenvalue weighted by molar-refractivity contribution is 7.99. The predicted molar refractivity (Wildman–Crippen MR) is 157 cm³/mol. The lowest BCUT2D eigenvalue weighted by Gasteiger charge is -2.13. The summed E-state index contributed by atoms with van der Waals surface area (Å²) in [6.45, 7) is 2.59. The summed E-state index contributed by atoms with van der Waals surface area (Å²) in [6, 6.07) is 14.7. The van der Waals surface area contributed by atoms with Crippen molar-refractivity contribution in [3.63, 3.8) is 0 Å². The van der Waals surface area contributed by atoms with Gasteiger partial charge in [0.05, 0.1) is 24.0 Å². The lowest BCUT2D eigenvalue weighted by atomic mass is 9.95. The number of ether oxygens (including phenoxy) is 1. The molecule has 2 heterocycles. The van der Waals surface area contributed by atoms with Crippen LogP contribution in [0.15, 0.2) is 53.7 Å². The molecule has 2 N–H and O–H groups in total. The van der Waals surface area contributed by atoms with Crippen molar-refractivity contribution in [2.45, 2.75) is 44.3 Å². The smallest absolute Gasteiger partial charge is 0.258 e. The first-order valence-electron chi connectivity index (χ1n) is 12.7. The number of aromatic nitrogens is 3. The van der Waals surface area contributed by atoms with Crippen molar-refractivity contribution in [3.05, 3.63) is 69.6 Å². The van der Waals surface area contributed by atoms with Gasteiger partial charge in [0.2, 0.25) is 5.91 Å². The van der Waals surface area contributed by atoms with Crippen LogP contribution < -0.4 is 15.4 Å². The SMILES string of the molecule is CCn1c(SCC(=O)Nc2sc3c(c2C(=O)Nc2ccccc2)CCCC3)nnc1-c1cc(Cl)ccc1OC. The first kappa shape index (κ1) is 27.2. The number of nitrogens with one attached hydrogen (secondary N) is 2. The van der Waals surface area contributed by atoms with Gasteiger partial charge in [0.25, 0.3) is 5.91 Å². The first-order chi connectivity index (χ1) is 19.0. The van der Waals surface area contributed by atoms with Crippen molar-refractivity contribution < 1.29 is 14.3 Å². The second-order valence-electron chi connectivity index (χ2n) is 8.97. The zero-order chi connectivity index (χ0) is 27.4. The lowest BCUT2D eigenvalue weighted by Crippen LogP contribution is -2.19. The normalized spacial score (nSPS) is 12.6. The number of hydrogen-bond donors (Lipinski definition) is 2. The molecule has 8 nitrogen and oxygen atoms in total. The van der Waals surface area contributed by atoms with Crippen LogP contribution in [0.4, 0.5) is 10.7 Å². The number of hydrogen-bond acceptors (Lipinski definition) is 7. The number of rotatable bonds is 9. The summed E-state index contributed by atoms with van der Waals surface area (Å²) >= 11 is 9.02. The molecule has 5 rings (SSSR count). The number of carbonyl (C=O) groups is 2. The highest BCUT2D eigenvalue weighted by Gasteiger charge is 2.27. The number of methoxy groups -OCH3 is 1. The molecule has 4 aromatic rings. The number of anilines is 2. The number of amides is 2. The van der Waals surface area contributed by atoms with E-state index in [1.165, 1.54) is 28.0 Å². The van der Waals surface area contributed by atoms with Gasteiger partial charge in [-0.2, -0.15) is 0 Å². The summed E-state index contributed by atoms with van der Waals surface area (Å²) in [6.07, 6.45) is 3.88. The summed E-state index contributed by atoms with van der Waals surface area (Å²) in [5, 5.41) is 16.5. The van der Waals surface area contributed by atoms with Crippen LogP contribution in [-0.2, 0) is 24.2 Å². The number of para-hydroxylation sites is 1. The number of fused-ring (bicyclic) bond motifs is 1. The Morgan fingerprint density at radius 1 is 1.10 bits per heavy atom. The van der Waals surface area contributed by atoms with Gasteiger partial charge in [0.15, 0.2) is 11.0 Å². The summed E-state index contributed by atoms with van der Waals surface area (Å²) in [5.41, 5.74) is 3.07. The summed E-state index contributed by atoms with van der Waals surface area (Å²) in [4.78, 5) is 27.6. The van der Waals surface area contributed by atoms with Gasteiger partial charge in [0, 0.05) is 22.1 Å². The van der Waals surface area contributed by atoms with Crippen molar-refractivity contribution in [1.82, 2.24) is 14.8 Å². The second kappa shape index (κ2) is 12.2. The van der Waals surface area contributed by atoms with Crippen LogP contribution in [-0.4, -0.2) is 39.4 Å². The van der Waals surface area contributed by atoms with Crippen LogP contribution in [0.25, 0.3) is 11.4 Å². The van der Waals surface area contributed by atoms with E-state index in [1.54, 1.807) is 25.3 Å². The van der Waals surface area contributed by atoms with Gasteiger partial charge in [0.1, 0.15) is 10.8 Å². The molecule has 1 aliphatic carbocycles. The molecule has 0 atom stereocenters. The molecule has 0 aliphatic heterocycles. The summed E-state index contributed by atoms with van der Waals surface area (Å²) in [7, 11) is 1.59. The van der Waals surface area contributed by atoms with Crippen molar-refractivity contribution in [2.24, 2.45) is 0 Å². The number of carbonyl (C=O) groups excluding carboxylic acids is 2. The zero-order valence-corrected chi connectivity index (χ0v) is 24.0. The van der Waals surface area contributed by atoms with E-state index in [0.29, 0.717) is 38.9 Å². The molecule has 0 saturated heterocycles. The fourth-order valence-electron chi connectivity index (χ4n) is 4.64. The Morgan fingerprint density at radius 3 is 2.67 bits per heavy atom. The minimum atomic E-state index is -0.208. The fourth-order valence-corrected chi connectivity index (χ4v) is 6.91. The van der Waals surface area contributed by atoms with E-state index in [1.807, 2.05) is 41.8 Å². The number of aryl methyl sites for hydroxylation is 1. The third-order valence-corrected chi connectivity index (χ3v) is 8.86. The Morgan fingerprint density at radius 2 is 1.90 bits per heavy atom. The van der Waals surface area contributed by atoms with Gasteiger partial charge in [-0.15, -0.1) is 21.5 Å². The fraction of sp³-hybridized carbons (Fsp3) is 0.286. The second-order valence-corrected chi connectivity index (χ2v) is 11.5. The zero-order valence-electron chi connectivity index (χ0n) is 21.6. The molecule has 0 saturated carbocycles.